The molecule has 2 N–H and O–H groups in total. The predicted molar refractivity (Wildman–Crippen MR) is 185 cm³/mol. The Morgan fingerprint density at radius 2 is 1.02 bits per heavy atom. The van der Waals surface area contributed by atoms with E-state index in [1.54, 1.807) is 0 Å². The van der Waals surface area contributed by atoms with Crippen molar-refractivity contribution in [1.82, 2.24) is 0 Å². The van der Waals surface area contributed by atoms with Crippen LogP contribution in [-0.4, -0.2) is 0 Å². The second-order valence-corrected chi connectivity index (χ2v) is 13.9. The maximum absolute atomic E-state index is 6.59. The van der Waals surface area contributed by atoms with Gasteiger partial charge in [0, 0.05) is 28.3 Å². The number of nitrogen functional groups attached to an aromatic ring is 1. The topological polar surface area (TPSA) is 29.3 Å². The van der Waals surface area contributed by atoms with E-state index in [0.29, 0.717) is 0 Å². The molecule has 4 aromatic carbocycles. The summed E-state index contributed by atoms with van der Waals surface area (Å²) in [6, 6.07) is 33.5. The Hall–Kier alpha value is -3.52. The number of benzene rings is 4. The number of nitrogens with two attached hydrogens (primary N) is 1. The highest BCUT2D eigenvalue weighted by molar-refractivity contribution is 5.85. The molecular formula is C40H52N2. The third kappa shape index (κ3) is 8.06. The van der Waals surface area contributed by atoms with Gasteiger partial charge in [-0.05, 0) is 88.4 Å². The van der Waals surface area contributed by atoms with Gasteiger partial charge in [-0.3, -0.25) is 0 Å². The molecule has 0 atom stereocenters. The van der Waals surface area contributed by atoms with Gasteiger partial charge in [0.2, 0.25) is 0 Å². The van der Waals surface area contributed by atoms with E-state index in [1.807, 2.05) is 0 Å². The Kier molecular flexibility index (Phi) is 10.2. The lowest BCUT2D eigenvalue weighted by Crippen LogP contribution is -2.14. The van der Waals surface area contributed by atoms with E-state index in [-0.39, 0.29) is 10.8 Å². The van der Waals surface area contributed by atoms with Crippen molar-refractivity contribution in [3.05, 3.63) is 108 Å². The van der Waals surface area contributed by atoms with E-state index in [1.165, 1.54) is 55.2 Å². The van der Waals surface area contributed by atoms with Gasteiger partial charge >= 0.3 is 0 Å². The number of rotatable bonds is 11. The summed E-state index contributed by atoms with van der Waals surface area (Å²) in [4.78, 5) is 2.34. The van der Waals surface area contributed by atoms with Crippen LogP contribution < -0.4 is 10.6 Å². The predicted octanol–water partition coefficient (Wildman–Crippen LogP) is 11.9. The van der Waals surface area contributed by atoms with Crippen molar-refractivity contribution in [2.75, 3.05) is 10.6 Å². The molecule has 0 aliphatic carbocycles. The van der Waals surface area contributed by atoms with E-state index in [9.17, 15) is 0 Å². The molecule has 0 aromatic heterocycles. The van der Waals surface area contributed by atoms with Gasteiger partial charge in [-0.2, -0.15) is 0 Å². The van der Waals surface area contributed by atoms with Crippen LogP contribution in [0.3, 0.4) is 0 Å². The number of hydrogen-bond acceptors (Lipinski definition) is 2. The van der Waals surface area contributed by atoms with Crippen molar-refractivity contribution in [1.29, 1.82) is 0 Å². The van der Waals surface area contributed by atoms with E-state index in [2.05, 4.69) is 144 Å². The van der Waals surface area contributed by atoms with Crippen LogP contribution in [0.1, 0.15) is 104 Å². The molecule has 42 heavy (non-hydrogen) atoms. The highest BCUT2D eigenvalue weighted by Crippen LogP contribution is 2.40. The number of aryl methyl sites for hydroxylation is 1. The molecule has 0 radical (unpaired) electrons. The first-order valence-corrected chi connectivity index (χ1v) is 16.0. The number of unbranched alkanes of at least 4 members (excludes halogenated alkanes) is 5. The first kappa shape index (κ1) is 31.4. The molecule has 4 aromatic rings. The standard InChI is InChI=1S/C40H52N2/c1-8-9-10-11-12-13-14-30-15-17-31(18-16-30)37-29-36(27-28-38(37)41)42(34-23-19-32(20-24-34)39(2,3)4)35-25-21-33(22-26-35)40(5,6)7/h15-29H,8-14,41H2,1-7H3. The molecule has 0 aliphatic rings. The van der Waals surface area contributed by atoms with Crippen LogP contribution >= 0.6 is 0 Å². The average Bonchev–Trinajstić information content (AvgIpc) is 2.96. The second-order valence-electron chi connectivity index (χ2n) is 13.9. The fraction of sp³-hybridized carbons (Fsp3) is 0.400. The van der Waals surface area contributed by atoms with Crippen LogP contribution in [0.5, 0.6) is 0 Å². The summed E-state index contributed by atoms with van der Waals surface area (Å²) in [7, 11) is 0. The third-order valence-corrected chi connectivity index (χ3v) is 8.36. The third-order valence-electron chi connectivity index (χ3n) is 8.36. The molecule has 0 spiro atoms. The van der Waals surface area contributed by atoms with Crippen LogP contribution in [-0.2, 0) is 17.3 Å². The molecule has 4 rings (SSSR count). The molecule has 0 unspecified atom stereocenters. The maximum atomic E-state index is 6.59. The van der Waals surface area contributed by atoms with E-state index < -0.39 is 0 Å². The van der Waals surface area contributed by atoms with E-state index >= 15 is 0 Å². The van der Waals surface area contributed by atoms with Crippen molar-refractivity contribution < 1.29 is 0 Å². The highest BCUT2D eigenvalue weighted by Gasteiger charge is 2.19. The van der Waals surface area contributed by atoms with Crippen LogP contribution in [0.25, 0.3) is 11.1 Å². The summed E-state index contributed by atoms with van der Waals surface area (Å²) >= 11 is 0. The Labute approximate surface area is 256 Å². The first-order valence-electron chi connectivity index (χ1n) is 16.0. The van der Waals surface area contributed by atoms with Crippen LogP contribution in [0.15, 0.2) is 91.0 Å². The van der Waals surface area contributed by atoms with Gasteiger partial charge in [-0.1, -0.05) is 129 Å². The van der Waals surface area contributed by atoms with Gasteiger partial charge in [0.05, 0.1) is 0 Å². The first-order chi connectivity index (χ1) is 20.0. The Morgan fingerprint density at radius 3 is 1.52 bits per heavy atom. The maximum Gasteiger partial charge on any atom is 0.0469 e. The monoisotopic (exact) mass is 560 g/mol. The van der Waals surface area contributed by atoms with Crippen molar-refractivity contribution in [2.45, 2.75) is 104 Å². The SMILES string of the molecule is CCCCCCCCc1ccc(-c2cc(N(c3ccc(C(C)(C)C)cc3)c3ccc(C(C)(C)C)cc3)ccc2N)cc1. The molecule has 0 aliphatic heterocycles. The van der Waals surface area contributed by atoms with Gasteiger partial charge in [-0.15, -0.1) is 0 Å². The van der Waals surface area contributed by atoms with Crippen LogP contribution in [0.2, 0.25) is 0 Å². The van der Waals surface area contributed by atoms with Gasteiger partial charge in [0.1, 0.15) is 0 Å². The molecule has 0 fully saturated rings. The minimum absolute atomic E-state index is 0.104. The molecule has 0 heterocycles. The Bertz CT molecular complexity index is 1340. The van der Waals surface area contributed by atoms with E-state index in [0.717, 1.165) is 40.3 Å². The average molecular weight is 561 g/mol. The number of anilines is 4. The summed E-state index contributed by atoms with van der Waals surface area (Å²) in [6.45, 7) is 15.8. The fourth-order valence-corrected chi connectivity index (χ4v) is 5.56. The van der Waals surface area contributed by atoms with Crippen molar-refractivity contribution in [2.24, 2.45) is 0 Å². The van der Waals surface area contributed by atoms with E-state index in [4.69, 9.17) is 5.73 Å². The minimum atomic E-state index is 0.104. The lowest BCUT2D eigenvalue weighted by atomic mass is 9.86. The summed E-state index contributed by atoms with van der Waals surface area (Å²) < 4.78 is 0. The van der Waals surface area contributed by atoms with Crippen molar-refractivity contribution >= 4 is 22.7 Å². The summed E-state index contributed by atoms with van der Waals surface area (Å²) in [5, 5.41) is 0. The lowest BCUT2D eigenvalue weighted by molar-refractivity contribution is 0.590. The normalized spacial score (nSPS) is 12.0. The molecule has 222 valence electrons. The van der Waals surface area contributed by atoms with Gasteiger partial charge in [0.15, 0.2) is 0 Å². The molecule has 0 bridgehead atoms. The second kappa shape index (κ2) is 13.6. The minimum Gasteiger partial charge on any atom is -0.398 e. The zero-order valence-electron chi connectivity index (χ0n) is 27.1. The molecule has 0 saturated carbocycles. The summed E-state index contributed by atoms with van der Waals surface area (Å²) in [5.74, 6) is 0. The zero-order valence-corrected chi connectivity index (χ0v) is 27.1. The molecule has 0 amide bonds. The Balaban J connectivity index is 1.65. The number of nitrogens with zero attached hydrogens (tertiary/aromatic N) is 1. The quantitative estimate of drug-likeness (QED) is 0.146. The lowest BCUT2D eigenvalue weighted by Gasteiger charge is -2.28. The van der Waals surface area contributed by atoms with Gasteiger partial charge < -0.3 is 10.6 Å². The largest absolute Gasteiger partial charge is 0.398 e. The Morgan fingerprint density at radius 1 is 0.548 bits per heavy atom. The van der Waals surface area contributed by atoms with Crippen molar-refractivity contribution in [3.63, 3.8) is 0 Å². The van der Waals surface area contributed by atoms with Crippen LogP contribution in [0, 0.1) is 0 Å². The van der Waals surface area contributed by atoms with Crippen molar-refractivity contribution in [3.8, 4) is 11.1 Å². The van der Waals surface area contributed by atoms with Crippen LogP contribution in [0.4, 0.5) is 22.7 Å². The molecular weight excluding hydrogens is 508 g/mol. The fourth-order valence-electron chi connectivity index (χ4n) is 5.56. The number of hydrogen-bond donors (Lipinski definition) is 1. The summed E-state index contributed by atoms with van der Waals surface area (Å²) in [6.07, 6.45) is 9.10. The van der Waals surface area contributed by atoms with Gasteiger partial charge in [0.25, 0.3) is 0 Å². The summed E-state index contributed by atoms with van der Waals surface area (Å²) in [5.41, 5.74) is 17.3. The molecule has 0 saturated heterocycles. The van der Waals surface area contributed by atoms with Gasteiger partial charge in [-0.25, -0.2) is 0 Å². The highest BCUT2D eigenvalue weighted by atomic mass is 15.1. The molecule has 2 heteroatoms. The zero-order chi connectivity index (χ0) is 30.3. The molecule has 2 nitrogen and oxygen atoms in total. The smallest absolute Gasteiger partial charge is 0.0469 e.